The molecule has 0 atom stereocenters. The smallest absolute Gasteiger partial charge is 0.282 e. The second kappa shape index (κ2) is 5.21. The lowest BCUT2D eigenvalue weighted by Gasteiger charge is -2.14. The minimum absolute atomic E-state index is 0.410. The van der Waals surface area contributed by atoms with Gasteiger partial charge in [0.05, 0.1) is 11.5 Å². The monoisotopic (exact) mass is 255 g/mol. The van der Waals surface area contributed by atoms with E-state index in [1.54, 1.807) is 0 Å². The fourth-order valence-corrected chi connectivity index (χ4v) is 1.35. The largest absolute Gasteiger partial charge is 0.368 e. The molecule has 2 N–H and O–H groups in total. The van der Waals surface area contributed by atoms with Crippen molar-refractivity contribution in [3.05, 3.63) is 39.7 Å². The number of hydrogen-bond acceptors (Lipinski definition) is 4. The van der Waals surface area contributed by atoms with Crippen molar-refractivity contribution in [2.24, 2.45) is 5.73 Å². The van der Waals surface area contributed by atoms with Gasteiger partial charge in [0, 0.05) is 13.1 Å². The third-order valence-corrected chi connectivity index (χ3v) is 2.13. The molecule has 0 unspecified atom stereocenters. The number of halogens is 1. The molecule has 0 bridgehead atoms. The van der Waals surface area contributed by atoms with E-state index in [1.165, 1.54) is 7.05 Å². The molecule has 0 saturated heterocycles. The minimum atomic E-state index is -0.847. The van der Waals surface area contributed by atoms with Crippen LogP contribution >= 0.6 is 0 Å². The van der Waals surface area contributed by atoms with Crippen LogP contribution in [0.2, 0.25) is 0 Å². The fourth-order valence-electron chi connectivity index (χ4n) is 1.35. The zero-order valence-corrected chi connectivity index (χ0v) is 9.42. The number of nitrogens with zero attached hydrogens (tertiary/aromatic N) is 2. The van der Waals surface area contributed by atoms with Gasteiger partial charge in [-0.3, -0.25) is 19.7 Å². The number of primary amides is 1. The lowest BCUT2D eigenvalue weighted by molar-refractivity contribution is -0.385. The predicted molar refractivity (Wildman–Crippen MR) is 59.2 cm³/mol. The van der Waals surface area contributed by atoms with E-state index in [1.807, 2.05) is 0 Å². The number of rotatable bonds is 4. The van der Waals surface area contributed by atoms with Gasteiger partial charge in [0.2, 0.25) is 5.91 Å². The van der Waals surface area contributed by atoms with Crippen molar-refractivity contribution in [2.45, 2.75) is 0 Å². The van der Waals surface area contributed by atoms with Gasteiger partial charge in [0.25, 0.3) is 11.6 Å². The van der Waals surface area contributed by atoms with Gasteiger partial charge in [-0.15, -0.1) is 0 Å². The summed E-state index contributed by atoms with van der Waals surface area (Å²) in [5.41, 5.74) is 3.94. The Balaban J connectivity index is 3.15. The number of hydrogen-bond donors (Lipinski definition) is 1. The molecule has 1 rings (SSSR count). The van der Waals surface area contributed by atoms with Crippen LogP contribution in [0.1, 0.15) is 10.4 Å². The molecule has 8 heteroatoms. The number of carbonyl (C=O) groups excluding carboxylic acids is 2. The molecular formula is C10H10FN3O4. The highest BCUT2D eigenvalue weighted by molar-refractivity contribution is 5.99. The summed E-state index contributed by atoms with van der Waals surface area (Å²) in [6.45, 7) is -0.410. The fraction of sp³-hybridized carbons (Fsp3) is 0.200. The van der Waals surface area contributed by atoms with Gasteiger partial charge in [0.15, 0.2) is 0 Å². The Morgan fingerprint density at radius 1 is 1.50 bits per heavy atom. The van der Waals surface area contributed by atoms with E-state index in [0.717, 1.165) is 23.1 Å². The number of nitrogens with two attached hydrogens (primary N) is 1. The molecule has 2 amide bonds. The van der Waals surface area contributed by atoms with Crippen molar-refractivity contribution >= 4 is 17.5 Å². The highest BCUT2D eigenvalue weighted by Crippen LogP contribution is 2.20. The van der Waals surface area contributed by atoms with Gasteiger partial charge in [-0.25, -0.2) is 4.39 Å². The normalized spacial score (nSPS) is 9.89. The maximum absolute atomic E-state index is 13.0. The highest BCUT2D eigenvalue weighted by Gasteiger charge is 2.24. The Morgan fingerprint density at radius 3 is 2.61 bits per heavy atom. The van der Waals surface area contributed by atoms with Gasteiger partial charge in [-0.1, -0.05) is 0 Å². The van der Waals surface area contributed by atoms with Gasteiger partial charge >= 0.3 is 0 Å². The Morgan fingerprint density at radius 2 is 2.11 bits per heavy atom. The quantitative estimate of drug-likeness (QED) is 0.616. The average Bonchev–Trinajstić information content (AvgIpc) is 2.26. The maximum Gasteiger partial charge on any atom is 0.282 e. The summed E-state index contributed by atoms with van der Waals surface area (Å²) in [5, 5.41) is 10.7. The summed E-state index contributed by atoms with van der Waals surface area (Å²) in [7, 11) is 1.24. The minimum Gasteiger partial charge on any atom is -0.368 e. The summed E-state index contributed by atoms with van der Waals surface area (Å²) in [6.07, 6.45) is 0. The first-order valence-electron chi connectivity index (χ1n) is 4.80. The van der Waals surface area contributed by atoms with Crippen molar-refractivity contribution in [3.63, 3.8) is 0 Å². The lowest BCUT2D eigenvalue weighted by atomic mass is 10.1. The number of nitro groups is 1. The lowest BCUT2D eigenvalue weighted by Crippen LogP contribution is -2.35. The molecule has 18 heavy (non-hydrogen) atoms. The standard InChI is InChI=1S/C10H10FN3O4/c1-13(5-9(12)15)10(16)7-4-6(11)2-3-8(7)14(17)18/h2-4H,5H2,1H3,(H2,12,15). The van der Waals surface area contributed by atoms with Crippen molar-refractivity contribution < 1.29 is 18.9 Å². The van der Waals surface area contributed by atoms with E-state index in [-0.39, 0.29) is 0 Å². The third kappa shape index (κ3) is 3.00. The molecular weight excluding hydrogens is 245 g/mol. The SMILES string of the molecule is CN(CC(N)=O)C(=O)c1cc(F)ccc1[N+](=O)[O-]. The van der Waals surface area contributed by atoms with Crippen LogP contribution in [0, 0.1) is 15.9 Å². The summed E-state index contributed by atoms with van der Waals surface area (Å²) in [5.74, 6) is -2.40. The predicted octanol–water partition coefficient (Wildman–Crippen LogP) is 0.291. The second-order valence-corrected chi connectivity index (χ2v) is 3.55. The van der Waals surface area contributed by atoms with Crippen molar-refractivity contribution in [3.8, 4) is 0 Å². The van der Waals surface area contributed by atoms with Gasteiger partial charge in [0.1, 0.15) is 11.4 Å². The zero-order valence-electron chi connectivity index (χ0n) is 9.42. The average molecular weight is 255 g/mol. The van der Waals surface area contributed by atoms with Crippen molar-refractivity contribution in [1.82, 2.24) is 4.90 Å². The first kappa shape index (κ1) is 13.6. The summed E-state index contributed by atoms with van der Waals surface area (Å²) in [4.78, 5) is 33.2. The Kier molecular flexibility index (Phi) is 3.93. The van der Waals surface area contributed by atoms with Crippen LogP contribution in [0.4, 0.5) is 10.1 Å². The topological polar surface area (TPSA) is 107 Å². The number of benzene rings is 1. The molecule has 0 aliphatic carbocycles. The maximum atomic E-state index is 13.0. The van der Waals surface area contributed by atoms with Gasteiger partial charge < -0.3 is 10.6 Å². The second-order valence-electron chi connectivity index (χ2n) is 3.55. The number of nitro benzene ring substituents is 1. The van der Waals surface area contributed by atoms with Crippen LogP contribution < -0.4 is 5.73 Å². The molecule has 0 spiro atoms. The molecule has 0 aliphatic rings. The van der Waals surface area contributed by atoms with Gasteiger partial charge in [-0.05, 0) is 12.1 Å². The van der Waals surface area contributed by atoms with E-state index >= 15 is 0 Å². The Hall–Kier alpha value is -2.51. The van der Waals surface area contributed by atoms with Gasteiger partial charge in [-0.2, -0.15) is 0 Å². The summed E-state index contributed by atoms with van der Waals surface area (Å²) < 4.78 is 13.0. The molecule has 1 aromatic carbocycles. The Labute approximate surface area is 101 Å². The molecule has 0 saturated carbocycles. The van der Waals surface area contributed by atoms with Crippen molar-refractivity contribution in [1.29, 1.82) is 0 Å². The molecule has 0 fully saturated rings. The molecule has 0 heterocycles. The molecule has 0 radical (unpaired) electrons. The molecule has 1 aromatic rings. The Bertz CT molecular complexity index is 518. The highest BCUT2D eigenvalue weighted by atomic mass is 19.1. The van der Waals surface area contributed by atoms with Crippen LogP contribution in [-0.2, 0) is 4.79 Å². The van der Waals surface area contributed by atoms with Crippen LogP contribution in [0.3, 0.4) is 0 Å². The first-order chi connectivity index (χ1) is 8.32. The summed E-state index contributed by atoms with van der Waals surface area (Å²) >= 11 is 0. The summed E-state index contributed by atoms with van der Waals surface area (Å²) in [6, 6.07) is 2.52. The van der Waals surface area contributed by atoms with E-state index in [9.17, 15) is 24.1 Å². The molecule has 0 aliphatic heterocycles. The molecule has 7 nitrogen and oxygen atoms in total. The van der Waals surface area contributed by atoms with E-state index in [0.29, 0.717) is 0 Å². The van der Waals surface area contributed by atoms with Crippen molar-refractivity contribution in [2.75, 3.05) is 13.6 Å². The number of amides is 2. The van der Waals surface area contributed by atoms with Crippen LogP contribution in [0.15, 0.2) is 18.2 Å². The first-order valence-corrected chi connectivity index (χ1v) is 4.80. The van der Waals surface area contributed by atoms with E-state index < -0.39 is 40.4 Å². The third-order valence-electron chi connectivity index (χ3n) is 2.13. The zero-order chi connectivity index (χ0) is 13.9. The molecule has 96 valence electrons. The molecule has 0 aromatic heterocycles. The van der Waals surface area contributed by atoms with Crippen LogP contribution in [-0.4, -0.2) is 35.2 Å². The number of carbonyl (C=O) groups is 2. The van der Waals surface area contributed by atoms with Crippen LogP contribution in [0.25, 0.3) is 0 Å². The van der Waals surface area contributed by atoms with Crippen LogP contribution in [0.5, 0.6) is 0 Å². The van der Waals surface area contributed by atoms with E-state index in [2.05, 4.69) is 0 Å². The van der Waals surface area contributed by atoms with E-state index in [4.69, 9.17) is 5.73 Å². The number of likely N-dealkylation sites (N-methyl/N-ethyl adjacent to an activating group) is 1.